The van der Waals surface area contributed by atoms with Crippen molar-refractivity contribution in [2.24, 2.45) is 0 Å². The Balaban J connectivity index is 2.14. The van der Waals surface area contributed by atoms with Gasteiger partial charge < -0.3 is 19.7 Å². The zero-order valence-electron chi connectivity index (χ0n) is 12.3. The number of carboxylic acids is 1. The van der Waals surface area contributed by atoms with Crippen molar-refractivity contribution in [1.29, 1.82) is 0 Å². The van der Waals surface area contributed by atoms with Gasteiger partial charge in [-0.3, -0.25) is 9.59 Å². The maximum Gasteiger partial charge on any atom is 0.305 e. The molecule has 1 aromatic heterocycles. The molecular weight excluding hydrogens is 368 g/mol. The molecule has 1 heterocycles. The predicted octanol–water partition coefficient (Wildman–Crippen LogP) is 2.53. The van der Waals surface area contributed by atoms with Crippen molar-refractivity contribution in [2.75, 3.05) is 7.11 Å². The summed E-state index contributed by atoms with van der Waals surface area (Å²) < 4.78 is 10.7. The van der Waals surface area contributed by atoms with E-state index in [1.807, 2.05) is 0 Å². The Labute approximate surface area is 140 Å². The van der Waals surface area contributed by atoms with Crippen LogP contribution in [0.4, 0.5) is 0 Å². The highest BCUT2D eigenvalue weighted by Crippen LogP contribution is 2.20. The van der Waals surface area contributed by atoms with Gasteiger partial charge in [-0.05, 0) is 17.7 Å². The number of hydrogen-bond acceptors (Lipinski definition) is 5. The Kier molecular flexibility index (Phi) is 5.89. The largest absolute Gasteiger partial charge is 0.481 e. The van der Waals surface area contributed by atoms with Crippen molar-refractivity contribution >= 4 is 27.8 Å². The molecule has 0 aliphatic heterocycles. The molecule has 8 heteroatoms. The van der Waals surface area contributed by atoms with E-state index in [4.69, 9.17) is 14.4 Å². The van der Waals surface area contributed by atoms with E-state index in [1.54, 1.807) is 24.3 Å². The smallest absolute Gasteiger partial charge is 0.305 e. The Morgan fingerprint density at radius 3 is 2.70 bits per heavy atom. The molecule has 1 unspecified atom stereocenters. The minimum absolute atomic E-state index is 0.0737. The average Bonchev–Trinajstić information content (AvgIpc) is 2.96. The molecule has 23 heavy (non-hydrogen) atoms. The number of methoxy groups -OCH3 is 1. The normalized spacial score (nSPS) is 11.9. The summed E-state index contributed by atoms with van der Waals surface area (Å²) >= 11 is 3.31. The molecule has 0 saturated heterocycles. The SMILES string of the molecule is COCc1cc(C(=O)NC(CC(=O)O)c2ccc(Br)cc2)no1. The zero-order valence-corrected chi connectivity index (χ0v) is 13.9. The van der Waals surface area contributed by atoms with E-state index in [0.29, 0.717) is 11.3 Å². The van der Waals surface area contributed by atoms with Crippen LogP contribution in [0.1, 0.15) is 34.3 Å². The van der Waals surface area contributed by atoms with Crippen molar-refractivity contribution in [2.45, 2.75) is 19.1 Å². The lowest BCUT2D eigenvalue weighted by molar-refractivity contribution is -0.137. The van der Waals surface area contributed by atoms with Gasteiger partial charge in [-0.2, -0.15) is 0 Å². The van der Waals surface area contributed by atoms with Gasteiger partial charge in [0.1, 0.15) is 6.61 Å². The van der Waals surface area contributed by atoms with Crippen molar-refractivity contribution in [3.05, 3.63) is 51.8 Å². The molecule has 0 aliphatic carbocycles. The second-order valence-electron chi connectivity index (χ2n) is 4.79. The van der Waals surface area contributed by atoms with Crippen LogP contribution in [0, 0.1) is 0 Å². The number of rotatable bonds is 7. The quantitative estimate of drug-likeness (QED) is 0.762. The summed E-state index contributed by atoms with van der Waals surface area (Å²) in [5.74, 6) is -1.11. The predicted molar refractivity (Wildman–Crippen MR) is 83.8 cm³/mol. The van der Waals surface area contributed by atoms with E-state index in [0.717, 1.165) is 4.47 Å². The summed E-state index contributed by atoms with van der Waals surface area (Å²) in [6.45, 7) is 0.200. The number of hydrogen-bond donors (Lipinski definition) is 2. The lowest BCUT2D eigenvalue weighted by atomic mass is 10.0. The van der Waals surface area contributed by atoms with Crippen molar-refractivity contribution in [1.82, 2.24) is 10.5 Å². The maximum absolute atomic E-state index is 12.2. The highest BCUT2D eigenvalue weighted by atomic mass is 79.9. The second-order valence-corrected chi connectivity index (χ2v) is 5.70. The number of amides is 1. The van der Waals surface area contributed by atoms with Crippen LogP contribution >= 0.6 is 15.9 Å². The lowest BCUT2D eigenvalue weighted by Gasteiger charge is -2.16. The summed E-state index contributed by atoms with van der Waals surface area (Å²) in [4.78, 5) is 23.3. The number of aromatic nitrogens is 1. The number of carbonyl (C=O) groups excluding carboxylic acids is 1. The molecule has 7 nitrogen and oxygen atoms in total. The van der Waals surface area contributed by atoms with Gasteiger partial charge in [-0.25, -0.2) is 0 Å². The van der Waals surface area contributed by atoms with Crippen LogP contribution in [0.5, 0.6) is 0 Å². The van der Waals surface area contributed by atoms with E-state index < -0.39 is 17.9 Å². The van der Waals surface area contributed by atoms with E-state index in [-0.39, 0.29) is 18.7 Å². The van der Waals surface area contributed by atoms with E-state index >= 15 is 0 Å². The highest BCUT2D eigenvalue weighted by molar-refractivity contribution is 9.10. The zero-order chi connectivity index (χ0) is 16.8. The molecule has 0 fully saturated rings. The first-order valence-electron chi connectivity index (χ1n) is 6.72. The topological polar surface area (TPSA) is 102 Å². The Bertz CT molecular complexity index is 683. The van der Waals surface area contributed by atoms with Gasteiger partial charge in [0.15, 0.2) is 11.5 Å². The number of carbonyl (C=O) groups is 2. The van der Waals surface area contributed by atoms with Gasteiger partial charge in [0.05, 0.1) is 12.5 Å². The van der Waals surface area contributed by atoms with E-state index in [1.165, 1.54) is 13.2 Å². The minimum atomic E-state index is -1.02. The van der Waals surface area contributed by atoms with Crippen LogP contribution in [0.2, 0.25) is 0 Å². The van der Waals surface area contributed by atoms with Gasteiger partial charge in [0, 0.05) is 17.6 Å². The number of nitrogens with zero attached hydrogens (tertiary/aromatic N) is 1. The first-order chi connectivity index (χ1) is 11.0. The van der Waals surface area contributed by atoms with Gasteiger partial charge in [0.25, 0.3) is 5.91 Å². The van der Waals surface area contributed by atoms with E-state index in [2.05, 4.69) is 26.4 Å². The Morgan fingerprint density at radius 2 is 2.09 bits per heavy atom. The van der Waals surface area contributed by atoms with Crippen LogP contribution in [-0.2, 0) is 16.1 Å². The number of ether oxygens (including phenoxy) is 1. The van der Waals surface area contributed by atoms with Crippen molar-refractivity contribution in [3.63, 3.8) is 0 Å². The molecule has 0 saturated carbocycles. The molecule has 2 N–H and O–H groups in total. The van der Waals surface area contributed by atoms with Crippen LogP contribution in [-0.4, -0.2) is 29.2 Å². The summed E-state index contributed by atoms with van der Waals surface area (Å²) in [5.41, 5.74) is 0.758. The fourth-order valence-electron chi connectivity index (χ4n) is 1.98. The van der Waals surface area contributed by atoms with Crippen molar-refractivity contribution in [3.8, 4) is 0 Å². The molecule has 122 valence electrons. The summed E-state index contributed by atoms with van der Waals surface area (Å²) in [6.07, 6.45) is -0.240. The highest BCUT2D eigenvalue weighted by Gasteiger charge is 2.21. The van der Waals surface area contributed by atoms with E-state index in [9.17, 15) is 9.59 Å². The molecule has 1 amide bonds. The minimum Gasteiger partial charge on any atom is -0.481 e. The molecule has 2 aromatic rings. The third-order valence-electron chi connectivity index (χ3n) is 3.03. The molecule has 1 aromatic carbocycles. The van der Waals surface area contributed by atoms with Gasteiger partial charge in [-0.1, -0.05) is 33.2 Å². The monoisotopic (exact) mass is 382 g/mol. The van der Waals surface area contributed by atoms with Gasteiger partial charge in [-0.15, -0.1) is 0 Å². The molecule has 0 bridgehead atoms. The van der Waals surface area contributed by atoms with Crippen LogP contribution in [0.25, 0.3) is 0 Å². The number of benzene rings is 1. The maximum atomic E-state index is 12.2. The Morgan fingerprint density at radius 1 is 1.39 bits per heavy atom. The van der Waals surface area contributed by atoms with Crippen LogP contribution in [0.15, 0.2) is 39.3 Å². The number of halogens is 1. The van der Waals surface area contributed by atoms with Crippen molar-refractivity contribution < 1.29 is 24.0 Å². The standard InChI is InChI=1S/C15H15BrN2O5/c1-22-8-11-6-13(18-23-11)15(21)17-12(7-14(19)20)9-2-4-10(16)5-3-9/h2-6,12H,7-8H2,1H3,(H,17,21)(H,19,20). The van der Waals surface area contributed by atoms with Crippen LogP contribution < -0.4 is 5.32 Å². The third-order valence-corrected chi connectivity index (χ3v) is 3.56. The molecule has 0 aliphatic rings. The lowest BCUT2D eigenvalue weighted by Crippen LogP contribution is -2.30. The van der Waals surface area contributed by atoms with Crippen LogP contribution in [0.3, 0.4) is 0 Å². The summed E-state index contributed by atoms with van der Waals surface area (Å²) in [5, 5.41) is 15.4. The first-order valence-corrected chi connectivity index (χ1v) is 7.51. The number of nitrogens with one attached hydrogen (secondary N) is 1. The fraction of sp³-hybridized carbons (Fsp3) is 0.267. The molecule has 0 spiro atoms. The third kappa shape index (κ3) is 4.90. The first kappa shape index (κ1) is 17.2. The van der Waals surface area contributed by atoms with Gasteiger partial charge >= 0.3 is 5.97 Å². The molecular formula is C15H15BrN2O5. The number of aliphatic carboxylic acids is 1. The molecule has 1 atom stereocenters. The molecule has 0 radical (unpaired) electrons. The molecule has 2 rings (SSSR count). The second kappa shape index (κ2) is 7.89. The average molecular weight is 383 g/mol. The fourth-order valence-corrected chi connectivity index (χ4v) is 2.25. The van der Waals surface area contributed by atoms with Gasteiger partial charge in [0.2, 0.25) is 0 Å². The Hall–Kier alpha value is -2.19. The summed E-state index contributed by atoms with van der Waals surface area (Å²) in [6, 6.07) is 7.84. The summed E-state index contributed by atoms with van der Waals surface area (Å²) in [7, 11) is 1.50. The number of carboxylic acid groups (broad SMARTS) is 1.